The lowest BCUT2D eigenvalue weighted by Gasteiger charge is -2.37. The van der Waals surface area contributed by atoms with E-state index in [1.807, 2.05) is 13.0 Å². The molecule has 1 aliphatic heterocycles. The van der Waals surface area contributed by atoms with E-state index in [0.29, 0.717) is 6.04 Å². The molecule has 1 saturated heterocycles. The molecule has 1 aromatic rings. The summed E-state index contributed by atoms with van der Waals surface area (Å²) < 4.78 is 0. The molecule has 0 unspecified atom stereocenters. The van der Waals surface area contributed by atoms with Gasteiger partial charge in [0.2, 0.25) is 0 Å². The van der Waals surface area contributed by atoms with E-state index in [-0.39, 0.29) is 5.84 Å². The summed E-state index contributed by atoms with van der Waals surface area (Å²) in [6.45, 7) is 4.01. The molecule has 2 rings (SSSR count). The van der Waals surface area contributed by atoms with E-state index < -0.39 is 0 Å². The molecule has 0 spiro atoms. The lowest BCUT2D eigenvalue weighted by atomic mass is 10.0. The molecule has 1 fully saturated rings. The first kappa shape index (κ1) is 14.7. The Morgan fingerprint density at radius 3 is 2.55 bits per heavy atom. The highest BCUT2D eigenvalue weighted by molar-refractivity contribution is 6.02. The smallest absolute Gasteiger partial charge is 0.172 e. The number of piperidine rings is 1. The number of nitrogens with zero attached hydrogens (tertiary/aromatic N) is 3. The number of rotatable bonds is 3. The Bertz CT molecular complexity index is 491. The molecule has 5 nitrogen and oxygen atoms in total. The van der Waals surface area contributed by atoms with Crippen LogP contribution in [0.2, 0.25) is 0 Å². The molecular formula is C15H24N4O. The van der Waals surface area contributed by atoms with Gasteiger partial charge in [-0.3, -0.25) is 0 Å². The van der Waals surface area contributed by atoms with Crippen LogP contribution >= 0.6 is 0 Å². The quantitative estimate of drug-likeness (QED) is 0.381. The Balaban J connectivity index is 2.22. The van der Waals surface area contributed by atoms with Gasteiger partial charge in [0.15, 0.2) is 5.84 Å². The predicted octanol–water partition coefficient (Wildman–Crippen LogP) is 1.62. The Labute approximate surface area is 120 Å². The molecule has 110 valence electrons. The van der Waals surface area contributed by atoms with Crippen molar-refractivity contribution < 1.29 is 5.21 Å². The molecule has 0 atom stereocenters. The standard InChI is InChI=1S/C15H24N4O/c1-11-4-5-14(13(10-11)15(16)17-20)19-8-6-12(7-9-19)18(2)3/h4-5,10,12,20H,6-9H2,1-3H3,(H2,16,17). The summed E-state index contributed by atoms with van der Waals surface area (Å²) in [5.41, 5.74) is 8.80. The van der Waals surface area contributed by atoms with Crippen LogP contribution < -0.4 is 10.6 Å². The monoisotopic (exact) mass is 276 g/mol. The zero-order valence-corrected chi connectivity index (χ0v) is 12.5. The highest BCUT2D eigenvalue weighted by Gasteiger charge is 2.23. The minimum Gasteiger partial charge on any atom is -0.409 e. The van der Waals surface area contributed by atoms with E-state index in [9.17, 15) is 0 Å². The SMILES string of the molecule is Cc1ccc(N2CCC(N(C)C)CC2)c(/C(N)=N/O)c1. The summed E-state index contributed by atoms with van der Waals surface area (Å²) in [5.74, 6) is 0.179. The normalized spacial score (nSPS) is 17.8. The van der Waals surface area contributed by atoms with Crippen LogP contribution in [0.1, 0.15) is 24.0 Å². The average molecular weight is 276 g/mol. The highest BCUT2D eigenvalue weighted by Crippen LogP contribution is 2.26. The van der Waals surface area contributed by atoms with Gasteiger partial charge in [0, 0.05) is 30.4 Å². The third-order valence-corrected chi connectivity index (χ3v) is 4.07. The minimum atomic E-state index is 0.179. The molecule has 3 N–H and O–H groups in total. The van der Waals surface area contributed by atoms with Crippen LogP contribution in [0, 0.1) is 6.92 Å². The fraction of sp³-hybridized carbons (Fsp3) is 0.533. The van der Waals surface area contributed by atoms with Gasteiger partial charge in [-0.25, -0.2) is 0 Å². The number of oxime groups is 1. The van der Waals surface area contributed by atoms with E-state index in [2.05, 4.69) is 41.2 Å². The number of anilines is 1. The Morgan fingerprint density at radius 2 is 2.00 bits per heavy atom. The van der Waals surface area contributed by atoms with Crippen LogP contribution in [0.25, 0.3) is 0 Å². The molecule has 20 heavy (non-hydrogen) atoms. The second-order valence-corrected chi connectivity index (χ2v) is 5.69. The van der Waals surface area contributed by atoms with Crippen molar-refractivity contribution in [3.63, 3.8) is 0 Å². The van der Waals surface area contributed by atoms with E-state index in [1.165, 1.54) is 0 Å². The summed E-state index contributed by atoms with van der Waals surface area (Å²) in [6.07, 6.45) is 2.27. The van der Waals surface area contributed by atoms with Crippen molar-refractivity contribution in [2.75, 3.05) is 32.1 Å². The van der Waals surface area contributed by atoms with Gasteiger partial charge in [-0.15, -0.1) is 0 Å². The van der Waals surface area contributed by atoms with Gasteiger partial charge in [0.1, 0.15) is 0 Å². The number of amidine groups is 1. The third-order valence-electron chi connectivity index (χ3n) is 4.07. The topological polar surface area (TPSA) is 65.1 Å². The van der Waals surface area contributed by atoms with Gasteiger partial charge in [0.05, 0.1) is 0 Å². The van der Waals surface area contributed by atoms with Crippen LogP contribution in [0.4, 0.5) is 5.69 Å². The summed E-state index contributed by atoms with van der Waals surface area (Å²) >= 11 is 0. The van der Waals surface area contributed by atoms with Gasteiger partial charge in [-0.2, -0.15) is 0 Å². The van der Waals surface area contributed by atoms with Crippen LogP contribution in [0.5, 0.6) is 0 Å². The fourth-order valence-electron chi connectivity index (χ4n) is 2.81. The number of aryl methyl sites for hydroxylation is 1. The van der Waals surface area contributed by atoms with Crippen molar-refractivity contribution in [1.29, 1.82) is 0 Å². The summed E-state index contributed by atoms with van der Waals surface area (Å²) in [4.78, 5) is 4.61. The van der Waals surface area contributed by atoms with Gasteiger partial charge < -0.3 is 20.7 Å². The van der Waals surface area contributed by atoms with Crippen LogP contribution in [-0.4, -0.2) is 49.2 Å². The van der Waals surface area contributed by atoms with Crippen LogP contribution in [0.15, 0.2) is 23.4 Å². The van der Waals surface area contributed by atoms with Crippen molar-refractivity contribution in [1.82, 2.24) is 4.90 Å². The maximum Gasteiger partial charge on any atom is 0.172 e. The van der Waals surface area contributed by atoms with Crippen LogP contribution in [0.3, 0.4) is 0 Å². The van der Waals surface area contributed by atoms with Crippen molar-refractivity contribution in [3.05, 3.63) is 29.3 Å². The van der Waals surface area contributed by atoms with Crippen molar-refractivity contribution in [2.45, 2.75) is 25.8 Å². The van der Waals surface area contributed by atoms with E-state index >= 15 is 0 Å². The maximum atomic E-state index is 8.95. The molecular weight excluding hydrogens is 252 g/mol. The number of hydrogen-bond donors (Lipinski definition) is 2. The Kier molecular flexibility index (Phi) is 4.49. The molecule has 1 aromatic carbocycles. The first-order valence-corrected chi connectivity index (χ1v) is 7.03. The molecule has 0 radical (unpaired) electrons. The fourth-order valence-corrected chi connectivity index (χ4v) is 2.81. The molecule has 0 bridgehead atoms. The third kappa shape index (κ3) is 3.04. The zero-order chi connectivity index (χ0) is 14.7. The number of hydrogen-bond acceptors (Lipinski definition) is 4. The molecule has 0 aromatic heterocycles. The first-order chi connectivity index (χ1) is 9.52. The zero-order valence-electron chi connectivity index (χ0n) is 12.5. The van der Waals surface area contributed by atoms with Crippen molar-refractivity contribution >= 4 is 11.5 Å². The predicted molar refractivity (Wildman–Crippen MR) is 82.6 cm³/mol. The molecule has 1 aliphatic rings. The first-order valence-electron chi connectivity index (χ1n) is 7.03. The minimum absolute atomic E-state index is 0.179. The molecule has 0 amide bonds. The van der Waals surface area contributed by atoms with Crippen molar-refractivity contribution in [2.24, 2.45) is 10.9 Å². The summed E-state index contributed by atoms with van der Waals surface area (Å²) in [6, 6.07) is 6.76. The van der Waals surface area contributed by atoms with Gasteiger partial charge in [-0.1, -0.05) is 16.8 Å². The van der Waals surface area contributed by atoms with Crippen molar-refractivity contribution in [3.8, 4) is 0 Å². The molecule has 5 heteroatoms. The van der Waals surface area contributed by atoms with E-state index in [0.717, 1.165) is 42.7 Å². The van der Waals surface area contributed by atoms with E-state index in [1.54, 1.807) is 0 Å². The Hall–Kier alpha value is -1.75. The van der Waals surface area contributed by atoms with Gasteiger partial charge >= 0.3 is 0 Å². The average Bonchev–Trinajstić information content (AvgIpc) is 2.46. The van der Waals surface area contributed by atoms with Gasteiger partial charge in [0.25, 0.3) is 0 Å². The summed E-state index contributed by atoms with van der Waals surface area (Å²) in [7, 11) is 4.27. The van der Waals surface area contributed by atoms with E-state index in [4.69, 9.17) is 10.9 Å². The Morgan fingerprint density at radius 1 is 1.35 bits per heavy atom. The maximum absolute atomic E-state index is 8.95. The number of nitrogens with two attached hydrogens (primary N) is 1. The molecule has 1 heterocycles. The highest BCUT2D eigenvalue weighted by atomic mass is 16.4. The second-order valence-electron chi connectivity index (χ2n) is 5.69. The lowest BCUT2D eigenvalue weighted by molar-refractivity contribution is 0.249. The molecule has 0 aliphatic carbocycles. The second kappa shape index (κ2) is 6.13. The lowest BCUT2D eigenvalue weighted by Crippen LogP contribution is -2.42. The summed E-state index contributed by atoms with van der Waals surface area (Å²) in [5, 5.41) is 12.1. The molecule has 0 saturated carbocycles. The van der Waals surface area contributed by atoms with Crippen LogP contribution in [-0.2, 0) is 0 Å². The van der Waals surface area contributed by atoms with Gasteiger partial charge in [-0.05, 0) is 46.0 Å². The largest absolute Gasteiger partial charge is 0.409 e. The number of benzene rings is 1.